The third-order valence-electron chi connectivity index (χ3n) is 3.70. The van der Waals surface area contributed by atoms with Crippen LogP contribution in [0.25, 0.3) is 22.4 Å². The van der Waals surface area contributed by atoms with Crippen LogP contribution in [0.1, 0.15) is 25.5 Å². The van der Waals surface area contributed by atoms with Gasteiger partial charge in [-0.2, -0.15) is 0 Å². The van der Waals surface area contributed by atoms with Crippen molar-refractivity contribution in [2.75, 3.05) is 0 Å². The molecular formula is C19H18FNO. The summed E-state index contributed by atoms with van der Waals surface area (Å²) in [6, 6.07) is 16.4. The Labute approximate surface area is 129 Å². The summed E-state index contributed by atoms with van der Waals surface area (Å²) in [6.07, 6.45) is 2.96. The van der Waals surface area contributed by atoms with E-state index >= 15 is 0 Å². The van der Waals surface area contributed by atoms with E-state index < -0.39 is 0 Å². The first kappa shape index (κ1) is 14.5. The Morgan fingerprint density at radius 2 is 1.68 bits per heavy atom. The Morgan fingerprint density at radius 3 is 2.36 bits per heavy atom. The van der Waals surface area contributed by atoms with Gasteiger partial charge in [0, 0.05) is 12.0 Å². The number of hydrogen-bond acceptors (Lipinski definition) is 2. The summed E-state index contributed by atoms with van der Waals surface area (Å²) in [7, 11) is 0. The molecule has 0 aliphatic heterocycles. The molecule has 1 aromatic heterocycles. The molecule has 0 saturated heterocycles. The number of aromatic nitrogens is 1. The van der Waals surface area contributed by atoms with Crippen molar-refractivity contribution >= 4 is 0 Å². The molecular weight excluding hydrogens is 277 g/mol. The lowest BCUT2D eigenvalue weighted by Gasteiger charge is -2.05. The maximum Gasteiger partial charge on any atom is 0.145 e. The van der Waals surface area contributed by atoms with Crippen molar-refractivity contribution in [3.05, 3.63) is 66.2 Å². The molecule has 3 heteroatoms. The summed E-state index contributed by atoms with van der Waals surface area (Å²) in [5.74, 6) is 0.629. The van der Waals surface area contributed by atoms with Gasteiger partial charge in [-0.05, 0) is 24.1 Å². The lowest BCUT2D eigenvalue weighted by Crippen LogP contribution is -1.88. The summed E-state index contributed by atoms with van der Waals surface area (Å²) >= 11 is 0. The van der Waals surface area contributed by atoms with Crippen molar-refractivity contribution in [2.45, 2.75) is 26.2 Å². The van der Waals surface area contributed by atoms with Crippen LogP contribution in [0.3, 0.4) is 0 Å². The molecule has 3 aromatic rings. The van der Waals surface area contributed by atoms with Crippen molar-refractivity contribution < 1.29 is 8.91 Å². The minimum absolute atomic E-state index is 0.239. The quantitative estimate of drug-likeness (QED) is 0.622. The van der Waals surface area contributed by atoms with Gasteiger partial charge < -0.3 is 4.52 Å². The first-order valence-electron chi connectivity index (χ1n) is 7.59. The highest BCUT2D eigenvalue weighted by molar-refractivity contribution is 5.81. The van der Waals surface area contributed by atoms with Crippen LogP contribution in [0, 0.1) is 5.82 Å². The highest BCUT2D eigenvalue weighted by Gasteiger charge is 2.18. The maximum atomic E-state index is 13.2. The molecule has 0 aliphatic rings. The van der Waals surface area contributed by atoms with Crippen LogP contribution in [-0.2, 0) is 6.42 Å². The van der Waals surface area contributed by atoms with Crippen molar-refractivity contribution in [1.29, 1.82) is 0 Å². The Balaban J connectivity index is 2.11. The first-order valence-corrected chi connectivity index (χ1v) is 7.59. The van der Waals surface area contributed by atoms with Gasteiger partial charge in [-0.25, -0.2) is 4.39 Å². The van der Waals surface area contributed by atoms with Gasteiger partial charge in [0.25, 0.3) is 0 Å². The van der Waals surface area contributed by atoms with Gasteiger partial charge in [-0.15, -0.1) is 0 Å². The lowest BCUT2D eigenvalue weighted by molar-refractivity contribution is 0.383. The van der Waals surface area contributed by atoms with E-state index in [1.807, 2.05) is 30.3 Å². The molecule has 0 bridgehead atoms. The van der Waals surface area contributed by atoms with E-state index in [-0.39, 0.29) is 5.82 Å². The first-order chi connectivity index (χ1) is 10.8. The van der Waals surface area contributed by atoms with E-state index in [1.54, 1.807) is 12.1 Å². The summed E-state index contributed by atoms with van der Waals surface area (Å²) in [5.41, 5.74) is 3.74. The summed E-state index contributed by atoms with van der Waals surface area (Å²) in [4.78, 5) is 0. The molecule has 0 unspecified atom stereocenters. The zero-order valence-corrected chi connectivity index (χ0v) is 12.6. The second-order valence-corrected chi connectivity index (χ2v) is 5.31. The highest BCUT2D eigenvalue weighted by atomic mass is 19.1. The van der Waals surface area contributed by atoms with Crippen molar-refractivity contribution in [1.82, 2.24) is 5.16 Å². The normalized spacial score (nSPS) is 10.8. The average molecular weight is 295 g/mol. The molecule has 0 radical (unpaired) electrons. The SMILES string of the molecule is CCCCc1onc(-c2ccccc2)c1-c1ccc(F)cc1. The molecule has 112 valence electrons. The molecule has 0 saturated carbocycles. The molecule has 0 aliphatic carbocycles. The molecule has 0 amide bonds. The zero-order valence-electron chi connectivity index (χ0n) is 12.6. The Kier molecular flexibility index (Phi) is 4.33. The number of halogens is 1. The molecule has 0 spiro atoms. The number of benzene rings is 2. The molecule has 2 aromatic carbocycles. The second kappa shape index (κ2) is 6.56. The van der Waals surface area contributed by atoms with Crippen LogP contribution in [0.15, 0.2) is 59.1 Å². The van der Waals surface area contributed by atoms with Crippen LogP contribution >= 0.6 is 0 Å². The van der Waals surface area contributed by atoms with Gasteiger partial charge in [0.15, 0.2) is 0 Å². The van der Waals surface area contributed by atoms with Crippen LogP contribution in [-0.4, -0.2) is 5.16 Å². The standard InChI is InChI=1S/C19H18FNO/c1-2-3-9-17-18(14-10-12-16(20)13-11-14)19(21-22-17)15-7-5-4-6-8-15/h4-8,10-13H,2-3,9H2,1H3. The number of hydrogen-bond donors (Lipinski definition) is 0. The Bertz CT molecular complexity index is 732. The fraction of sp³-hybridized carbons (Fsp3) is 0.211. The number of rotatable bonds is 5. The number of aryl methyl sites for hydroxylation is 1. The molecule has 0 atom stereocenters. The third-order valence-corrected chi connectivity index (χ3v) is 3.70. The highest BCUT2D eigenvalue weighted by Crippen LogP contribution is 2.35. The van der Waals surface area contributed by atoms with E-state index in [0.29, 0.717) is 0 Å². The number of nitrogens with zero attached hydrogens (tertiary/aromatic N) is 1. The topological polar surface area (TPSA) is 26.0 Å². The minimum Gasteiger partial charge on any atom is -0.360 e. The molecule has 1 heterocycles. The fourth-order valence-electron chi connectivity index (χ4n) is 2.54. The maximum absolute atomic E-state index is 13.2. The summed E-state index contributed by atoms with van der Waals surface area (Å²) in [6.45, 7) is 2.14. The average Bonchev–Trinajstić information content (AvgIpc) is 2.98. The zero-order chi connectivity index (χ0) is 15.4. The molecule has 0 N–H and O–H groups in total. The van der Waals surface area contributed by atoms with E-state index in [2.05, 4.69) is 12.1 Å². The smallest absolute Gasteiger partial charge is 0.145 e. The van der Waals surface area contributed by atoms with Crippen molar-refractivity contribution in [3.8, 4) is 22.4 Å². The lowest BCUT2D eigenvalue weighted by atomic mass is 9.97. The van der Waals surface area contributed by atoms with Gasteiger partial charge in [-0.1, -0.05) is 61.0 Å². The number of unbranched alkanes of at least 4 members (excludes halogenated alkanes) is 1. The third kappa shape index (κ3) is 2.93. The fourth-order valence-corrected chi connectivity index (χ4v) is 2.54. The largest absolute Gasteiger partial charge is 0.360 e. The molecule has 22 heavy (non-hydrogen) atoms. The van der Waals surface area contributed by atoms with Gasteiger partial charge >= 0.3 is 0 Å². The summed E-state index contributed by atoms with van der Waals surface area (Å²) < 4.78 is 18.8. The van der Waals surface area contributed by atoms with Gasteiger partial charge in [0.2, 0.25) is 0 Å². The van der Waals surface area contributed by atoms with Gasteiger partial charge in [-0.3, -0.25) is 0 Å². The predicted octanol–water partition coefficient (Wildman–Crippen LogP) is 5.49. The monoisotopic (exact) mass is 295 g/mol. The predicted molar refractivity (Wildman–Crippen MR) is 85.9 cm³/mol. The minimum atomic E-state index is -0.239. The van der Waals surface area contributed by atoms with Crippen LogP contribution < -0.4 is 0 Å². The van der Waals surface area contributed by atoms with Crippen LogP contribution in [0.5, 0.6) is 0 Å². The Hall–Kier alpha value is -2.42. The van der Waals surface area contributed by atoms with Crippen molar-refractivity contribution in [2.24, 2.45) is 0 Å². The van der Waals surface area contributed by atoms with Crippen LogP contribution in [0.4, 0.5) is 4.39 Å². The Morgan fingerprint density at radius 1 is 0.955 bits per heavy atom. The van der Waals surface area contributed by atoms with E-state index in [1.165, 1.54) is 12.1 Å². The molecule has 2 nitrogen and oxygen atoms in total. The summed E-state index contributed by atoms with van der Waals surface area (Å²) in [5, 5.41) is 4.27. The molecule has 3 rings (SSSR count). The van der Waals surface area contributed by atoms with Crippen LogP contribution in [0.2, 0.25) is 0 Å². The van der Waals surface area contributed by atoms with E-state index in [9.17, 15) is 4.39 Å². The van der Waals surface area contributed by atoms with Gasteiger partial charge in [0.05, 0.1) is 5.56 Å². The van der Waals surface area contributed by atoms with Gasteiger partial charge in [0.1, 0.15) is 17.3 Å². The van der Waals surface area contributed by atoms with Crippen molar-refractivity contribution in [3.63, 3.8) is 0 Å². The van der Waals surface area contributed by atoms with E-state index in [4.69, 9.17) is 4.52 Å². The van der Waals surface area contributed by atoms with E-state index in [0.717, 1.165) is 47.4 Å². The second-order valence-electron chi connectivity index (χ2n) is 5.31. The molecule has 0 fully saturated rings.